The highest BCUT2D eigenvalue weighted by atomic mass is 16.3. The molecule has 42 valence electrons. The quantitative estimate of drug-likeness (QED) is 0.554. The van der Waals surface area contributed by atoms with E-state index in [0.717, 1.165) is 25.7 Å². The Morgan fingerprint density at radius 3 is 2.29 bits per heavy atom. The molecular formula is C6H12O. The summed E-state index contributed by atoms with van der Waals surface area (Å²) < 4.78 is 0. The molecule has 0 atom stereocenters. The van der Waals surface area contributed by atoms with Crippen LogP contribution in [0.3, 0.4) is 0 Å². The molecule has 0 aromatic carbocycles. The van der Waals surface area contributed by atoms with Crippen molar-refractivity contribution in [3.63, 3.8) is 0 Å². The summed E-state index contributed by atoms with van der Waals surface area (Å²) in [4.78, 5) is 0. The average Bonchev–Trinajstić information content (AvgIpc) is 2.22. The van der Waals surface area contributed by atoms with Gasteiger partial charge in [-0.25, -0.2) is 0 Å². The summed E-state index contributed by atoms with van der Waals surface area (Å²) in [6.45, 7) is 2.11. The topological polar surface area (TPSA) is 20.2 Å². The molecule has 1 aliphatic rings. The summed E-state index contributed by atoms with van der Waals surface area (Å²) in [5, 5.41) is 9.13. The SMILES string of the molecule is CCCC1(O)CC1. The van der Waals surface area contributed by atoms with Crippen molar-refractivity contribution in [1.82, 2.24) is 0 Å². The standard InChI is InChI=1S/C6H12O/c1-2-3-6(7)4-5-6/h7H,2-5H2,1H3. The lowest BCUT2D eigenvalue weighted by molar-refractivity contribution is 0.139. The van der Waals surface area contributed by atoms with E-state index in [4.69, 9.17) is 5.11 Å². The lowest BCUT2D eigenvalue weighted by atomic mass is 10.2. The Hall–Kier alpha value is -0.0400. The van der Waals surface area contributed by atoms with E-state index in [1.54, 1.807) is 0 Å². The maximum atomic E-state index is 9.13. The van der Waals surface area contributed by atoms with Crippen molar-refractivity contribution in [3.05, 3.63) is 0 Å². The van der Waals surface area contributed by atoms with Crippen LogP contribution in [0.4, 0.5) is 0 Å². The molecule has 7 heavy (non-hydrogen) atoms. The van der Waals surface area contributed by atoms with Crippen molar-refractivity contribution < 1.29 is 5.11 Å². The van der Waals surface area contributed by atoms with E-state index < -0.39 is 0 Å². The third-order valence-electron chi connectivity index (χ3n) is 1.54. The van der Waals surface area contributed by atoms with Gasteiger partial charge >= 0.3 is 0 Å². The Balaban J connectivity index is 2.13. The number of aliphatic hydroxyl groups is 1. The minimum Gasteiger partial charge on any atom is -0.390 e. The van der Waals surface area contributed by atoms with Gasteiger partial charge in [-0.05, 0) is 19.3 Å². The normalized spacial score (nSPS) is 24.9. The Morgan fingerprint density at radius 1 is 1.57 bits per heavy atom. The van der Waals surface area contributed by atoms with Crippen LogP contribution in [0.15, 0.2) is 0 Å². The van der Waals surface area contributed by atoms with Gasteiger partial charge in [-0.3, -0.25) is 0 Å². The molecule has 0 spiro atoms. The molecule has 1 nitrogen and oxygen atoms in total. The van der Waals surface area contributed by atoms with Crippen LogP contribution in [0.2, 0.25) is 0 Å². The summed E-state index contributed by atoms with van der Waals surface area (Å²) in [5.74, 6) is 0. The van der Waals surface area contributed by atoms with E-state index in [1.165, 1.54) is 0 Å². The maximum Gasteiger partial charge on any atom is 0.0649 e. The number of hydrogen-bond acceptors (Lipinski definition) is 1. The van der Waals surface area contributed by atoms with Gasteiger partial charge in [0, 0.05) is 0 Å². The van der Waals surface area contributed by atoms with E-state index in [1.807, 2.05) is 0 Å². The molecule has 0 heterocycles. The molecule has 1 heteroatoms. The average molecular weight is 100 g/mol. The van der Waals surface area contributed by atoms with Crippen LogP contribution < -0.4 is 0 Å². The number of rotatable bonds is 2. The highest BCUT2D eigenvalue weighted by Crippen LogP contribution is 2.38. The van der Waals surface area contributed by atoms with Crippen molar-refractivity contribution in [2.75, 3.05) is 0 Å². The second kappa shape index (κ2) is 1.48. The fraction of sp³-hybridized carbons (Fsp3) is 1.00. The second-order valence-electron chi connectivity index (χ2n) is 2.47. The first-order valence-corrected chi connectivity index (χ1v) is 2.99. The monoisotopic (exact) mass is 100 g/mol. The lowest BCUT2D eigenvalue weighted by Gasteiger charge is -2.00. The minimum absolute atomic E-state index is 0.200. The third-order valence-corrected chi connectivity index (χ3v) is 1.54. The van der Waals surface area contributed by atoms with Crippen LogP contribution in [0.25, 0.3) is 0 Å². The summed E-state index contributed by atoms with van der Waals surface area (Å²) in [7, 11) is 0. The summed E-state index contributed by atoms with van der Waals surface area (Å²) in [5.41, 5.74) is -0.200. The van der Waals surface area contributed by atoms with Gasteiger partial charge in [-0.2, -0.15) is 0 Å². The third kappa shape index (κ3) is 1.16. The zero-order valence-corrected chi connectivity index (χ0v) is 4.78. The van der Waals surface area contributed by atoms with Crippen molar-refractivity contribution in [3.8, 4) is 0 Å². The van der Waals surface area contributed by atoms with Gasteiger partial charge in [0.1, 0.15) is 0 Å². The predicted molar refractivity (Wildman–Crippen MR) is 29.1 cm³/mol. The van der Waals surface area contributed by atoms with Crippen molar-refractivity contribution >= 4 is 0 Å². The molecule has 0 bridgehead atoms. The highest BCUT2D eigenvalue weighted by molar-refractivity contribution is 4.92. The molecule has 0 saturated heterocycles. The van der Waals surface area contributed by atoms with E-state index in [-0.39, 0.29) is 5.60 Å². The Labute approximate surface area is 44.4 Å². The minimum atomic E-state index is -0.200. The lowest BCUT2D eigenvalue weighted by Crippen LogP contribution is -2.03. The van der Waals surface area contributed by atoms with Gasteiger partial charge in [0.25, 0.3) is 0 Å². The van der Waals surface area contributed by atoms with Gasteiger partial charge < -0.3 is 5.11 Å². The smallest absolute Gasteiger partial charge is 0.0649 e. The van der Waals surface area contributed by atoms with Gasteiger partial charge in [-0.1, -0.05) is 13.3 Å². The zero-order valence-electron chi connectivity index (χ0n) is 4.78. The fourth-order valence-corrected chi connectivity index (χ4v) is 0.860. The maximum absolute atomic E-state index is 9.13. The van der Waals surface area contributed by atoms with E-state index in [9.17, 15) is 0 Å². The summed E-state index contributed by atoms with van der Waals surface area (Å²) in [6, 6.07) is 0. The zero-order chi connectivity index (χ0) is 5.33. The molecule has 1 rings (SSSR count). The van der Waals surface area contributed by atoms with Crippen LogP contribution in [0.5, 0.6) is 0 Å². The van der Waals surface area contributed by atoms with Crippen LogP contribution in [-0.2, 0) is 0 Å². The van der Waals surface area contributed by atoms with Gasteiger partial charge in [-0.15, -0.1) is 0 Å². The van der Waals surface area contributed by atoms with Crippen molar-refractivity contribution in [2.24, 2.45) is 0 Å². The molecule has 0 unspecified atom stereocenters. The molecule has 0 aromatic heterocycles. The molecule has 1 aliphatic carbocycles. The Morgan fingerprint density at radius 2 is 2.14 bits per heavy atom. The first-order chi connectivity index (χ1) is 3.27. The van der Waals surface area contributed by atoms with Crippen molar-refractivity contribution in [2.45, 2.75) is 38.2 Å². The summed E-state index contributed by atoms with van der Waals surface area (Å²) >= 11 is 0. The predicted octanol–water partition coefficient (Wildman–Crippen LogP) is 1.31. The van der Waals surface area contributed by atoms with Crippen molar-refractivity contribution in [1.29, 1.82) is 0 Å². The largest absolute Gasteiger partial charge is 0.390 e. The fourth-order valence-electron chi connectivity index (χ4n) is 0.860. The molecule has 1 fully saturated rings. The van der Waals surface area contributed by atoms with Gasteiger partial charge in [0.2, 0.25) is 0 Å². The Bertz CT molecular complexity index is 64.6. The first-order valence-electron chi connectivity index (χ1n) is 2.99. The highest BCUT2D eigenvalue weighted by Gasteiger charge is 2.38. The molecule has 0 aromatic rings. The molecule has 1 saturated carbocycles. The van der Waals surface area contributed by atoms with E-state index >= 15 is 0 Å². The Kier molecular flexibility index (Phi) is 1.08. The van der Waals surface area contributed by atoms with Crippen LogP contribution in [0, 0.1) is 0 Å². The van der Waals surface area contributed by atoms with Crippen LogP contribution in [0.1, 0.15) is 32.6 Å². The second-order valence-corrected chi connectivity index (χ2v) is 2.47. The van der Waals surface area contributed by atoms with E-state index in [0.29, 0.717) is 0 Å². The van der Waals surface area contributed by atoms with E-state index in [2.05, 4.69) is 6.92 Å². The molecular weight excluding hydrogens is 88.1 g/mol. The summed E-state index contributed by atoms with van der Waals surface area (Å²) in [6.07, 6.45) is 4.21. The van der Waals surface area contributed by atoms with Crippen LogP contribution >= 0.6 is 0 Å². The molecule has 0 amide bonds. The van der Waals surface area contributed by atoms with Gasteiger partial charge in [0.05, 0.1) is 5.60 Å². The first kappa shape index (κ1) is 5.10. The molecule has 1 N–H and O–H groups in total. The molecule has 0 aliphatic heterocycles. The van der Waals surface area contributed by atoms with Gasteiger partial charge in [0.15, 0.2) is 0 Å². The van der Waals surface area contributed by atoms with Crippen LogP contribution in [-0.4, -0.2) is 10.7 Å². The number of hydrogen-bond donors (Lipinski definition) is 1. The molecule has 0 radical (unpaired) electrons.